The molecule has 0 spiro atoms. The van der Waals surface area contributed by atoms with Crippen molar-refractivity contribution in [3.63, 3.8) is 0 Å². The van der Waals surface area contributed by atoms with Crippen LogP contribution in [-0.2, 0) is 4.74 Å². The Labute approximate surface area is 63.8 Å². The van der Waals surface area contributed by atoms with E-state index in [1.165, 1.54) is 0 Å². The van der Waals surface area contributed by atoms with Gasteiger partial charge in [-0.05, 0) is 0 Å². The van der Waals surface area contributed by atoms with Crippen LogP contribution in [0.2, 0.25) is 0 Å². The summed E-state index contributed by atoms with van der Waals surface area (Å²) in [4.78, 5) is 0. The van der Waals surface area contributed by atoms with Crippen molar-refractivity contribution in [3.8, 4) is 0 Å². The van der Waals surface area contributed by atoms with Gasteiger partial charge in [-0.15, -0.1) is 0 Å². The summed E-state index contributed by atoms with van der Waals surface area (Å²) in [7, 11) is 0. The summed E-state index contributed by atoms with van der Waals surface area (Å²) in [6.07, 6.45) is -4.11. The van der Waals surface area contributed by atoms with Crippen molar-refractivity contribution in [2.45, 2.75) is 31.0 Å². The van der Waals surface area contributed by atoms with Crippen molar-refractivity contribution in [2.75, 3.05) is 6.61 Å². The zero-order chi connectivity index (χ0) is 8.43. The van der Waals surface area contributed by atoms with Gasteiger partial charge in [0.05, 0.1) is 18.8 Å². The minimum absolute atomic E-state index is 0.148. The maximum Gasteiger partial charge on any atom is 0.183 e. The van der Waals surface area contributed by atoms with Crippen LogP contribution in [0.5, 0.6) is 0 Å². The normalized spacial score (nSPS) is 45.8. The van der Waals surface area contributed by atoms with Gasteiger partial charge in [0.25, 0.3) is 0 Å². The second kappa shape index (κ2) is 3.46. The lowest BCUT2D eigenvalue weighted by atomic mass is 10.0. The zero-order valence-corrected chi connectivity index (χ0v) is 5.92. The van der Waals surface area contributed by atoms with Gasteiger partial charge in [0.1, 0.15) is 6.10 Å². The first-order chi connectivity index (χ1) is 5.15. The van der Waals surface area contributed by atoms with Gasteiger partial charge in [-0.1, -0.05) is 0 Å². The topological polar surface area (TPSA) is 90.2 Å². The number of rotatable bonds is 1. The average Bonchev–Trinajstić information content (AvgIpc) is 1.99. The van der Waals surface area contributed by atoms with E-state index >= 15 is 0 Å². The van der Waals surface area contributed by atoms with Crippen LogP contribution >= 0.6 is 0 Å². The third kappa shape index (κ3) is 1.88. The third-order valence-electron chi connectivity index (χ3n) is 1.73. The maximum atomic E-state index is 9.05. The summed E-state index contributed by atoms with van der Waals surface area (Å²) in [5.41, 5.74) is 0. The zero-order valence-electron chi connectivity index (χ0n) is 5.92. The summed E-state index contributed by atoms with van der Waals surface area (Å²) in [6.45, 7) is -0.263. The summed E-state index contributed by atoms with van der Waals surface area (Å²) in [5, 5.41) is 35.5. The average molecular weight is 164 g/mol. The molecule has 0 aliphatic carbocycles. The van der Waals surface area contributed by atoms with Crippen molar-refractivity contribution in [2.24, 2.45) is 0 Å². The van der Waals surface area contributed by atoms with Crippen molar-refractivity contribution < 1.29 is 25.2 Å². The van der Waals surface area contributed by atoms with Crippen LogP contribution in [0.4, 0.5) is 0 Å². The molecule has 66 valence electrons. The smallest absolute Gasteiger partial charge is 0.183 e. The quantitative estimate of drug-likeness (QED) is 0.353. The van der Waals surface area contributed by atoms with Gasteiger partial charge in [0.15, 0.2) is 6.29 Å². The van der Waals surface area contributed by atoms with E-state index in [2.05, 4.69) is 0 Å². The number of ether oxygens (including phenoxy) is 1. The third-order valence-corrected chi connectivity index (χ3v) is 1.73. The molecule has 0 unspecified atom stereocenters. The summed E-state index contributed by atoms with van der Waals surface area (Å²) < 4.78 is 4.71. The molecule has 0 bridgehead atoms. The highest BCUT2D eigenvalue weighted by Crippen LogP contribution is 2.17. The molecule has 5 heteroatoms. The lowest BCUT2D eigenvalue weighted by molar-refractivity contribution is -0.251. The molecule has 0 aromatic heterocycles. The van der Waals surface area contributed by atoms with Crippen LogP contribution in [0, 0.1) is 0 Å². The minimum Gasteiger partial charge on any atom is -0.394 e. The van der Waals surface area contributed by atoms with Gasteiger partial charge in [-0.3, -0.25) is 0 Å². The molecule has 4 N–H and O–H groups in total. The summed E-state index contributed by atoms with van der Waals surface area (Å²) >= 11 is 0. The molecule has 11 heavy (non-hydrogen) atoms. The van der Waals surface area contributed by atoms with Gasteiger partial charge in [0, 0.05) is 6.42 Å². The Bertz CT molecular complexity index is 116. The predicted octanol–water partition coefficient (Wildman–Crippen LogP) is -2.19. The van der Waals surface area contributed by atoms with Crippen molar-refractivity contribution in [3.05, 3.63) is 0 Å². The van der Waals surface area contributed by atoms with Gasteiger partial charge < -0.3 is 25.2 Å². The Kier molecular flexibility index (Phi) is 2.80. The first-order valence-electron chi connectivity index (χ1n) is 3.45. The molecule has 1 rings (SSSR count). The van der Waals surface area contributed by atoms with Crippen LogP contribution in [0.15, 0.2) is 0 Å². The first kappa shape index (κ1) is 8.89. The molecule has 0 amide bonds. The van der Waals surface area contributed by atoms with Crippen molar-refractivity contribution in [1.82, 2.24) is 0 Å². The van der Waals surface area contributed by atoms with Crippen molar-refractivity contribution >= 4 is 0 Å². The summed E-state index contributed by atoms with van der Waals surface area (Å²) in [5.74, 6) is 0. The van der Waals surface area contributed by atoms with Gasteiger partial charge >= 0.3 is 0 Å². The van der Waals surface area contributed by atoms with Crippen molar-refractivity contribution in [1.29, 1.82) is 0 Å². The molecule has 0 radical (unpaired) electrons. The fourth-order valence-electron chi connectivity index (χ4n) is 1.05. The van der Waals surface area contributed by atoms with Crippen LogP contribution in [0.25, 0.3) is 0 Å². The van der Waals surface area contributed by atoms with Crippen LogP contribution in [0.1, 0.15) is 6.42 Å². The highest BCUT2D eigenvalue weighted by atomic mass is 16.6. The lowest BCUT2D eigenvalue weighted by Crippen LogP contribution is -2.49. The van der Waals surface area contributed by atoms with E-state index in [1.807, 2.05) is 0 Å². The van der Waals surface area contributed by atoms with Crippen LogP contribution < -0.4 is 0 Å². The fraction of sp³-hybridized carbons (Fsp3) is 1.00. The SMILES string of the molecule is OC[C@@H]1C[C@H](O)[C@H](O)[C@@H](O)O1. The number of aliphatic hydroxyl groups is 4. The van der Waals surface area contributed by atoms with E-state index in [0.29, 0.717) is 0 Å². The maximum absolute atomic E-state index is 9.05. The second-order valence-corrected chi connectivity index (χ2v) is 2.62. The van der Waals surface area contributed by atoms with Crippen LogP contribution in [-0.4, -0.2) is 51.6 Å². The van der Waals surface area contributed by atoms with E-state index in [-0.39, 0.29) is 13.0 Å². The van der Waals surface area contributed by atoms with Gasteiger partial charge in [0.2, 0.25) is 0 Å². The Morgan fingerprint density at radius 2 is 1.91 bits per heavy atom. The molecule has 4 atom stereocenters. The predicted molar refractivity (Wildman–Crippen MR) is 34.6 cm³/mol. The van der Waals surface area contributed by atoms with E-state index in [1.54, 1.807) is 0 Å². The molecule has 0 saturated carbocycles. The molecule has 1 fully saturated rings. The Hall–Kier alpha value is -0.200. The van der Waals surface area contributed by atoms with E-state index < -0.39 is 24.6 Å². The standard InChI is InChI=1S/C6H12O5/c7-2-3-1-4(8)5(9)6(10)11-3/h3-10H,1-2H2/t3-,4-,5-,6-/m0/s1. The largest absolute Gasteiger partial charge is 0.394 e. The number of hydrogen-bond donors (Lipinski definition) is 4. The molecule has 1 heterocycles. The molecule has 0 aromatic carbocycles. The van der Waals surface area contributed by atoms with E-state index in [4.69, 9.17) is 25.2 Å². The molecule has 5 nitrogen and oxygen atoms in total. The monoisotopic (exact) mass is 164 g/mol. The molecular weight excluding hydrogens is 152 g/mol. The van der Waals surface area contributed by atoms with E-state index in [9.17, 15) is 0 Å². The highest BCUT2D eigenvalue weighted by Gasteiger charge is 2.34. The first-order valence-corrected chi connectivity index (χ1v) is 3.45. The molecule has 0 aromatic rings. The molecule has 1 aliphatic heterocycles. The Balaban J connectivity index is 2.47. The fourth-order valence-corrected chi connectivity index (χ4v) is 1.05. The van der Waals surface area contributed by atoms with Crippen LogP contribution in [0.3, 0.4) is 0 Å². The number of hydrogen-bond acceptors (Lipinski definition) is 5. The Morgan fingerprint density at radius 3 is 2.36 bits per heavy atom. The summed E-state index contributed by atoms with van der Waals surface area (Å²) in [6, 6.07) is 0. The molecule has 1 saturated heterocycles. The van der Waals surface area contributed by atoms with Gasteiger partial charge in [-0.25, -0.2) is 0 Å². The Morgan fingerprint density at radius 1 is 1.27 bits per heavy atom. The minimum atomic E-state index is -1.39. The highest BCUT2D eigenvalue weighted by molar-refractivity contribution is 4.79. The molecule has 1 aliphatic rings. The lowest BCUT2D eigenvalue weighted by Gasteiger charge is -2.33. The van der Waals surface area contributed by atoms with E-state index in [0.717, 1.165) is 0 Å². The second-order valence-electron chi connectivity index (χ2n) is 2.62. The van der Waals surface area contributed by atoms with Gasteiger partial charge in [-0.2, -0.15) is 0 Å². The number of aliphatic hydroxyl groups excluding tert-OH is 4. The molecular formula is C6H12O5.